The molecule has 0 radical (unpaired) electrons. The average Bonchev–Trinajstić information content (AvgIpc) is 2.81. The van der Waals surface area contributed by atoms with Gasteiger partial charge in [-0.3, -0.25) is 0 Å². The molecule has 0 amide bonds. The molecule has 0 aliphatic carbocycles. The molecule has 0 fully saturated rings. The molecule has 0 aliphatic rings. The first-order chi connectivity index (χ1) is 16.5. The van der Waals surface area contributed by atoms with Crippen LogP contribution in [0.15, 0.2) is 48.7 Å². The van der Waals surface area contributed by atoms with Gasteiger partial charge in [-0.05, 0) is 54.2 Å². The van der Waals surface area contributed by atoms with Crippen LogP contribution in [0.5, 0.6) is 5.75 Å². The van der Waals surface area contributed by atoms with Crippen molar-refractivity contribution in [3.63, 3.8) is 0 Å². The van der Waals surface area contributed by atoms with Crippen LogP contribution in [-0.4, -0.2) is 31.2 Å². The first kappa shape index (κ1) is 26.7. The minimum atomic E-state index is -3.17. The number of rotatable bonds is 10. The Morgan fingerprint density at radius 1 is 1.09 bits per heavy atom. The molecule has 35 heavy (non-hydrogen) atoms. The van der Waals surface area contributed by atoms with E-state index in [9.17, 15) is 13.7 Å². The molecule has 8 heteroatoms. The lowest BCUT2D eigenvalue weighted by Gasteiger charge is -2.27. The van der Waals surface area contributed by atoms with E-state index in [1.807, 2.05) is 25.1 Å². The van der Waals surface area contributed by atoms with Crippen LogP contribution in [0, 0.1) is 11.3 Å². The standard InChI is InChI=1S/C27H30ClN3O3S/c1-5-14-34-26-20(17-29)15-22(16-24(26)28)27(2,3)21-9-6-19(7-10-21)8-11-23-12-13-30-25(31-23)18-35(4,32)33/h6-7,9-10,12-13,15-16H,5,8,11,14,18H2,1-4H3. The van der Waals surface area contributed by atoms with Gasteiger partial charge < -0.3 is 4.74 Å². The van der Waals surface area contributed by atoms with Crippen LogP contribution in [0.3, 0.4) is 0 Å². The van der Waals surface area contributed by atoms with Gasteiger partial charge in [-0.2, -0.15) is 5.26 Å². The van der Waals surface area contributed by atoms with Gasteiger partial charge in [0.1, 0.15) is 17.6 Å². The smallest absolute Gasteiger partial charge is 0.155 e. The SMILES string of the molecule is CCCOc1c(Cl)cc(C(C)(C)c2ccc(CCc3ccnc(CS(C)(=O)=O)n3)cc2)cc1C#N. The third-order valence-corrected chi connectivity index (χ3v) is 6.90. The maximum absolute atomic E-state index is 11.5. The summed E-state index contributed by atoms with van der Waals surface area (Å²) in [5, 5.41) is 10.1. The summed E-state index contributed by atoms with van der Waals surface area (Å²) >= 11 is 6.49. The molecule has 3 rings (SSSR count). The molecule has 0 aliphatic heterocycles. The highest BCUT2D eigenvalue weighted by Crippen LogP contribution is 2.38. The number of hydrogen-bond donors (Lipinski definition) is 0. The fourth-order valence-corrected chi connectivity index (χ4v) is 4.68. The average molecular weight is 512 g/mol. The minimum absolute atomic E-state index is 0.159. The molecule has 0 atom stereocenters. The number of nitrogens with zero attached hydrogens (tertiary/aromatic N) is 3. The van der Waals surface area contributed by atoms with E-state index in [0.29, 0.717) is 35.2 Å². The van der Waals surface area contributed by atoms with Crippen molar-refractivity contribution in [3.8, 4) is 11.8 Å². The first-order valence-electron chi connectivity index (χ1n) is 11.5. The quantitative estimate of drug-likeness (QED) is 0.359. The van der Waals surface area contributed by atoms with E-state index in [-0.39, 0.29) is 11.2 Å². The number of hydrogen-bond acceptors (Lipinski definition) is 6. The largest absolute Gasteiger partial charge is 0.491 e. The van der Waals surface area contributed by atoms with Gasteiger partial charge in [-0.1, -0.05) is 56.6 Å². The predicted molar refractivity (Wildman–Crippen MR) is 139 cm³/mol. The summed E-state index contributed by atoms with van der Waals surface area (Å²) in [5.41, 5.74) is 4.06. The molecule has 1 aromatic heterocycles. The van der Waals surface area contributed by atoms with Crippen molar-refractivity contribution in [1.29, 1.82) is 5.26 Å². The summed E-state index contributed by atoms with van der Waals surface area (Å²) in [5.74, 6) is 0.604. The zero-order valence-corrected chi connectivity index (χ0v) is 22.1. The Morgan fingerprint density at radius 3 is 2.43 bits per heavy atom. The highest BCUT2D eigenvalue weighted by molar-refractivity contribution is 7.89. The van der Waals surface area contributed by atoms with Gasteiger partial charge in [0.15, 0.2) is 15.6 Å². The van der Waals surface area contributed by atoms with Crippen molar-refractivity contribution in [3.05, 3.63) is 87.5 Å². The van der Waals surface area contributed by atoms with Crippen LogP contribution in [0.1, 0.15) is 61.0 Å². The molecule has 0 N–H and O–H groups in total. The Labute approximate surface area is 212 Å². The minimum Gasteiger partial charge on any atom is -0.491 e. The number of aromatic nitrogens is 2. The van der Waals surface area contributed by atoms with Crippen LogP contribution in [0.4, 0.5) is 0 Å². The number of halogens is 1. The topological polar surface area (TPSA) is 92.9 Å². The van der Waals surface area contributed by atoms with E-state index >= 15 is 0 Å². The van der Waals surface area contributed by atoms with E-state index in [0.717, 1.165) is 35.2 Å². The van der Waals surface area contributed by atoms with Gasteiger partial charge in [0.25, 0.3) is 0 Å². The summed E-state index contributed by atoms with van der Waals surface area (Å²) in [6.07, 6.45) is 5.07. The number of ether oxygens (including phenoxy) is 1. The maximum atomic E-state index is 11.5. The monoisotopic (exact) mass is 511 g/mol. The lowest BCUT2D eigenvalue weighted by molar-refractivity contribution is 0.316. The second-order valence-corrected chi connectivity index (χ2v) is 11.7. The molecule has 0 unspecified atom stereocenters. The maximum Gasteiger partial charge on any atom is 0.155 e. The van der Waals surface area contributed by atoms with E-state index in [4.69, 9.17) is 16.3 Å². The van der Waals surface area contributed by atoms with Crippen LogP contribution in [0.25, 0.3) is 0 Å². The van der Waals surface area contributed by atoms with Crippen molar-refractivity contribution >= 4 is 21.4 Å². The molecule has 3 aromatic rings. The van der Waals surface area contributed by atoms with Gasteiger partial charge >= 0.3 is 0 Å². The second-order valence-electron chi connectivity index (χ2n) is 9.15. The molecule has 184 valence electrons. The third-order valence-electron chi connectivity index (χ3n) is 5.84. The predicted octanol–water partition coefficient (Wildman–Crippen LogP) is 5.45. The van der Waals surface area contributed by atoms with Crippen LogP contribution in [0.2, 0.25) is 5.02 Å². The van der Waals surface area contributed by atoms with Gasteiger partial charge in [-0.25, -0.2) is 18.4 Å². The van der Waals surface area contributed by atoms with Crippen LogP contribution < -0.4 is 4.74 Å². The Balaban J connectivity index is 1.75. The first-order valence-corrected chi connectivity index (χ1v) is 13.9. The lowest BCUT2D eigenvalue weighted by atomic mass is 9.77. The Morgan fingerprint density at radius 2 is 1.80 bits per heavy atom. The van der Waals surface area contributed by atoms with E-state index in [1.54, 1.807) is 6.20 Å². The Hall–Kier alpha value is -2.95. The zero-order valence-electron chi connectivity index (χ0n) is 20.5. The molecular formula is C27H30ClN3O3S. The van der Waals surface area contributed by atoms with Gasteiger partial charge in [0.2, 0.25) is 0 Å². The molecule has 0 saturated carbocycles. The van der Waals surface area contributed by atoms with Crippen molar-refractivity contribution in [1.82, 2.24) is 9.97 Å². The fraction of sp³-hybridized carbons (Fsp3) is 0.370. The molecule has 2 aromatic carbocycles. The molecule has 0 bridgehead atoms. The normalized spacial score (nSPS) is 11.8. The third kappa shape index (κ3) is 7.03. The molecular weight excluding hydrogens is 482 g/mol. The highest BCUT2D eigenvalue weighted by atomic mass is 35.5. The molecule has 6 nitrogen and oxygen atoms in total. The fourth-order valence-electron chi connectivity index (χ4n) is 3.80. The zero-order chi connectivity index (χ0) is 25.6. The highest BCUT2D eigenvalue weighted by Gasteiger charge is 2.26. The second kappa shape index (κ2) is 11.2. The number of benzene rings is 2. The number of aryl methyl sites for hydroxylation is 2. The Bertz CT molecular complexity index is 1330. The summed E-state index contributed by atoms with van der Waals surface area (Å²) in [4.78, 5) is 8.44. The van der Waals surface area contributed by atoms with Crippen LogP contribution in [-0.2, 0) is 33.8 Å². The van der Waals surface area contributed by atoms with Crippen molar-refractivity contribution < 1.29 is 13.2 Å². The summed E-state index contributed by atoms with van der Waals surface area (Å²) in [6, 6.07) is 16.1. The van der Waals surface area contributed by atoms with Crippen LogP contribution >= 0.6 is 11.6 Å². The van der Waals surface area contributed by atoms with Crippen molar-refractivity contribution in [2.45, 2.75) is 51.2 Å². The van der Waals surface area contributed by atoms with Gasteiger partial charge in [0.05, 0.1) is 17.2 Å². The van der Waals surface area contributed by atoms with E-state index in [1.165, 1.54) is 6.26 Å². The molecule has 0 saturated heterocycles. The van der Waals surface area contributed by atoms with E-state index in [2.05, 4.69) is 54.2 Å². The van der Waals surface area contributed by atoms with Gasteiger partial charge in [-0.15, -0.1) is 0 Å². The summed E-state index contributed by atoms with van der Waals surface area (Å²) in [7, 11) is -3.17. The van der Waals surface area contributed by atoms with Crippen molar-refractivity contribution in [2.75, 3.05) is 12.9 Å². The summed E-state index contributed by atoms with van der Waals surface area (Å²) < 4.78 is 28.7. The summed E-state index contributed by atoms with van der Waals surface area (Å²) in [6.45, 7) is 6.72. The molecule has 0 spiro atoms. The van der Waals surface area contributed by atoms with Gasteiger partial charge in [0, 0.05) is 23.6 Å². The van der Waals surface area contributed by atoms with E-state index < -0.39 is 9.84 Å². The van der Waals surface area contributed by atoms with Crippen molar-refractivity contribution in [2.24, 2.45) is 0 Å². The number of sulfone groups is 1. The molecule has 1 heterocycles. The lowest BCUT2D eigenvalue weighted by Crippen LogP contribution is -2.19. The Kier molecular flexibility index (Phi) is 8.52. The number of nitriles is 1.